The van der Waals surface area contributed by atoms with Crippen LogP contribution in [-0.4, -0.2) is 50.0 Å². The van der Waals surface area contributed by atoms with Gasteiger partial charge in [-0.3, -0.25) is 14.0 Å². The fourth-order valence-electron chi connectivity index (χ4n) is 5.67. The number of aromatic amines is 1. The van der Waals surface area contributed by atoms with E-state index in [-0.39, 0.29) is 5.56 Å². The van der Waals surface area contributed by atoms with Gasteiger partial charge >= 0.3 is 0 Å². The molecule has 2 fully saturated rings. The molecule has 160 valence electrons. The minimum absolute atomic E-state index is 0.0672. The molecule has 1 saturated heterocycles. The molecule has 3 atom stereocenters. The molecule has 2 bridgehead atoms. The van der Waals surface area contributed by atoms with Crippen LogP contribution in [0.3, 0.4) is 0 Å². The standard InChI is InChI=1S/C22H24ClN7O/c1-24-19-11-4-7-16(19)30(9-11)22-26-20-17(21(31)29(22)3)13(8-25-20)12-5-6-15-14(18(12)23)10-28(2)27-15/h5-6,8,10-11,16,19,24-25H,4,7,9H2,1-3H3/t11-,16-,19-/m0/s1. The molecule has 1 aliphatic heterocycles. The van der Waals surface area contributed by atoms with Gasteiger partial charge in [0.25, 0.3) is 5.56 Å². The Morgan fingerprint density at radius 3 is 2.84 bits per heavy atom. The van der Waals surface area contributed by atoms with Crippen LogP contribution in [0.15, 0.2) is 29.3 Å². The molecule has 1 aliphatic carbocycles. The van der Waals surface area contributed by atoms with Crippen molar-refractivity contribution >= 4 is 39.5 Å². The number of likely N-dealkylation sites (N-methyl/N-ethyl adjacent to an activating group) is 1. The van der Waals surface area contributed by atoms with E-state index >= 15 is 0 Å². The van der Waals surface area contributed by atoms with Gasteiger partial charge in [0.15, 0.2) is 0 Å². The van der Waals surface area contributed by atoms with Crippen molar-refractivity contribution < 1.29 is 0 Å². The van der Waals surface area contributed by atoms with Crippen LogP contribution in [0.1, 0.15) is 12.8 Å². The molecule has 4 aromatic rings. The normalized spacial score (nSPS) is 23.0. The summed E-state index contributed by atoms with van der Waals surface area (Å²) in [6.07, 6.45) is 6.08. The predicted octanol–water partition coefficient (Wildman–Crippen LogP) is 2.66. The second-order valence-electron chi connectivity index (χ2n) is 8.74. The molecule has 2 aliphatic rings. The summed E-state index contributed by atoms with van der Waals surface area (Å²) in [6.45, 7) is 0.930. The van der Waals surface area contributed by atoms with Crippen LogP contribution in [0.25, 0.3) is 33.1 Å². The third-order valence-corrected chi connectivity index (χ3v) is 7.50. The quantitative estimate of drug-likeness (QED) is 0.514. The van der Waals surface area contributed by atoms with Crippen molar-refractivity contribution in [2.24, 2.45) is 20.0 Å². The Hall–Kier alpha value is -2.84. The summed E-state index contributed by atoms with van der Waals surface area (Å²) in [4.78, 5) is 23.9. The second kappa shape index (κ2) is 6.58. The summed E-state index contributed by atoms with van der Waals surface area (Å²) >= 11 is 6.74. The number of fused-ring (bicyclic) bond motifs is 4. The van der Waals surface area contributed by atoms with Gasteiger partial charge in [-0.15, -0.1) is 0 Å². The third-order valence-electron chi connectivity index (χ3n) is 7.10. The number of anilines is 1. The largest absolute Gasteiger partial charge is 0.345 e. The summed E-state index contributed by atoms with van der Waals surface area (Å²) in [5.74, 6) is 1.33. The molecule has 0 amide bonds. The van der Waals surface area contributed by atoms with Crippen molar-refractivity contribution in [3.8, 4) is 11.1 Å². The average molecular weight is 438 g/mol. The number of rotatable bonds is 3. The number of nitrogens with zero attached hydrogens (tertiary/aromatic N) is 5. The highest BCUT2D eigenvalue weighted by molar-refractivity contribution is 6.38. The van der Waals surface area contributed by atoms with Crippen molar-refractivity contribution in [1.82, 2.24) is 29.6 Å². The monoisotopic (exact) mass is 437 g/mol. The van der Waals surface area contributed by atoms with Crippen LogP contribution in [-0.2, 0) is 14.1 Å². The van der Waals surface area contributed by atoms with Gasteiger partial charge in [-0.25, -0.2) is 0 Å². The topological polar surface area (TPSA) is 83.8 Å². The fourth-order valence-corrected chi connectivity index (χ4v) is 5.98. The fraction of sp³-hybridized carbons (Fsp3) is 0.409. The van der Waals surface area contributed by atoms with Crippen LogP contribution < -0.4 is 15.8 Å². The van der Waals surface area contributed by atoms with Crippen LogP contribution in [0.5, 0.6) is 0 Å². The molecule has 31 heavy (non-hydrogen) atoms. The average Bonchev–Trinajstić information content (AvgIpc) is 3.52. The van der Waals surface area contributed by atoms with Gasteiger partial charge in [-0.1, -0.05) is 17.7 Å². The Labute approximate surface area is 183 Å². The molecular weight excluding hydrogens is 414 g/mol. The van der Waals surface area contributed by atoms with Gasteiger partial charge in [0.1, 0.15) is 5.65 Å². The molecule has 6 rings (SSSR count). The SMILES string of the molecule is CN[C@H]1[C@H]2CC[C@@H]1N(c1nc3[nH]cc(-c4ccc5nn(C)cc5c4Cl)c3c(=O)n1C)C2. The van der Waals surface area contributed by atoms with Crippen molar-refractivity contribution in [3.63, 3.8) is 0 Å². The highest BCUT2D eigenvalue weighted by Crippen LogP contribution is 2.40. The molecule has 8 nitrogen and oxygen atoms in total. The molecule has 4 heterocycles. The number of aromatic nitrogens is 5. The Bertz CT molecular complexity index is 1400. The van der Waals surface area contributed by atoms with Crippen molar-refractivity contribution in [2.75, 3.05) is 18.5 Å². The smallest absolute Gasteiger partial charge is 0.264 e. The van der Waals surface area contributed by atoms with Gasteiger partial charge in [0, 0.05) is 61.6 Å². The van der Waals surface area contributed by atoms with Gasteiger partial charge in [-0.05, 0) is 31.9 Å². The van der Waals surface area contributed by atoms with Crippen molar-refractivity contribution in [2.45, 2.75) is 24.9 Å². The van der Waals surface area contributed by atoms with Gasteiger partial charge in [0.05, 0.1) is 15.9 Å². The maximum Gasteiger partial charge on any atom is 0.264 e. The van der Waals surface area contributed by atoms with E-state index in [1.54, 1.807) is 9.25 Å². The Kier molecular flexibility index (Phi) is 4.01. The lowest BCUT2D eigenvalue weighted by Gasteiger charge is -2.29. The summed E-state index contributed by atoms with van der Waals surface area (Å²) in [6, 6.07) is 4.68. The number of nitrogens with one attached hydrogen (secondary N) is 2. The van der Waals surface area contributed by atoms with Crippen LogP contribution in [0.2, 0.25) is 5.02 Å². The Morgan fingerprint density at radius 1 is 1.23 bits per heavy atom. The number of hydrogen-bond donors (Lipinski definition) is 2. The summed E-state index contributed by atoms with van der Waals surface area (Å²) in [7, 11) is 5.70. The highest BCUT2D eigenvalue weighted by atomic mass is 35.5. The zero-order valence-electron chi connectivity index (χ0n) is 17.7. The predicted molar refractivity (Wildman–Crippen MR) is 123 cm³/mol. The number of piperidine rings is 1. The Balaban J connectivity index is 1.50. The zero-order valence-corrected chi connectivity index (χ0v) is 18.4. The second-order valence-corrected chi connectivity index (χ2v) is 9.11. The van der Waals surface area contributed by atoms with Gasteiger partial charge in [-0.2, -0.15) is 10.1 Å². The minimum Gasteiger partial charge on any atom is -0.345 e. The number of H-pyrrole nitrogens is 1. The maximum absolute atomic E-state index is 13.5. The first-order valence-corrected chi connectivity index (χ1v) is 11.0. The highest BCUT2D eigenvalue weighted by Gasteiger charge is 2.47. The lowest BCUT2D eigenvalue weighted by atomic mass is 10.0. The van der Waals surface area contributed by atoms with E-state index in [9.17, 15) is 4.79 Å². The number of benzene rings is 1. The molecule has 0 unspecified atom stereocenters. The molecule has 9 heteroatoms. The van der Waals surface area contributed by atoms with E-state index < -0.39 is 0 Å². The van der Waals surface area contributed by atoms with Crippen LogP contribution >= 0.6 is 11.6 Å². The van der Waals surface area contributed by atoms with E-state index in [0.717, 1.165) is 40.9 Å². The van der Waals surface area contributed by atoms with Gasteiger partial charge in [0.2, 0.25) is 5.95 Å². The van der Waals surface area contributed by atoms with Crippen LogP contribution in [0.4, 0.5) is 5.95 Å². The van der Waals surface area contributed by atoms with E-state index in [1.807, 2.05) is 45.7 Å². The Morgan fingerprint density at radius 2 is 2.06 bits per heavy atom. The lowest BCUT2D eigenvalue weighted by molar-refractivity contribution is 0.488. The van der Waals surface area contributed by atoms with Crippen molar-refractivity contribution in [3.05, 3.63) is 39.9 Å². The molecule has 2 N–H and O–H groups in total. The summed E-state index contributed by atoms with van der Waals surface area (Å²) < 4.78 is 3.42. The van der Waals surface area contributed by atoms with E-state index in [0.29, 0.717) is 34.1 Å². The number of aryl methyl sites for hydroxylation is 1. The molecule has 3 aromatic heterocycles. The minimum atomic E-state index is -0.0672. The first-order chi connectivity index (χ1) is 15.0. The van der Waals surface area contributed by atoms with E-state index in [4.69, 9.17) is 16.6 Å². The summed E-state index contributed by atoms with van der Waals surface area (Å²) in [5, 5.41) is 9.89. The first-order valence-electron chi connectivity index (χ1n) is 10.6. The summed E-state index contributed by atoms with van der Waals surface area (Å²) in [5.41, 5.74) is 2.92. The van der Waals surface area contributed by atoms with Gasteiger partial charge < -0.3 is 15.2 Å². The molecular formula is C22H24ClN7O. The lowest BCUT2D eigenvalue weighted by Crippen LogP contribution is -2.42. The number of halogens is 1. The molecule has 1 aromatic carbocycles. The molecule has 1 saturated carbocycles. The zero-order chi connectivity index (χ0) is 21.4. The van der Waals surface area contributed by atoms with E-state index in [1.165, 1.54) is 6.42 Å². The van der Waals surface area contributed by atoms with Crippen molar-refractivity contribution in [1.29, 1.82) is 0 Å². The third kappa shape index (κ3) is 2.55. The maximum atomic E-state index is 13.5. The number of hydrogen-bond acceptors (Lipinski definition) is 5. The van der Waals surface area contributed by atoms with E-state index in [2.05, 4.69) is 20.3 Å². The molecule has 0 radical (unpaired) electrons. The first kappa shape index (κ1) is 18.9. The van der Waals surface area contributed by atoms with Crippen LogP contribution in [0, 0.1) is 5.92 Å². The molecule has 0 spiro atoms.